The second-order valence-electron chi connectivity index (χ2n) is 8.41. The summed E-state index contributed by atoms with van der Waals surface area (Å²) in [6.07, 6.45) is 0. The van der Waals surface area contributed by atoms with Gasteiger partial charge in [0.15, 0.2) is 5.78 Å². The third kappa shape index (κ3) is 5.88. The van der Waals surface area contributed by atoms with Crippen molar-refractivity contribution in [2.45, 2.75) is 40.4 Å². The number of hydrogen-bond acceptors (Lipinski definition) is 8. The van der Waals surface area contributed by atoms with E-state index in [9.17, 15) is 9.36 Å². The first-order valence-electron chi connectivity index (χ1n) is 12.0. The van der Waals surface area contributed by atoms with Crippen molar-refractivity contribution < 1.29 is 23.1 Å². The van der Waals surface area contributed by atoms with Gasteiger partial charge in [-0.15, -0.1) is 5.10 Å². The third-order valence-corrected chi connectivity index (χ3v) is 7.82. The van der Waals surface area contributed by atoms with E-state index < -0.39 is 19.3 Å². The zero-order valence-electron chi connectivity index (χ0n) is 21.5. The van der Waals surface area contributed by atoms with Crippen LogP contribution >= 0.6 is 7.60 Å². The van der Waals surface area contributed by atoms with Gasteiger partial charge in [-0.3, -0.25) is 9.36 Å². The van der Waals surface area contributed by atoms with Gasteiger partial charge >= 0.3 is 13.6 Å². The monoisotopic (exact) mass is 523 g/mol. The number of nitrogens with one attached hydrogen (secondary N) is 1. The largest absolute Gasteiger partial charge is 0.422 e. The van der Waals surface area contributed by atoms with E-state index in [0.29, 0.717) is 11.3 Å². The highest BCUT2D eigenvalue weighted by molar-refractivity contribution is 7.54. The van der Waals surface area contributed by atoms with Crippen LogP contribution in [0.25, 0.3) is 5.78 Å². The Labute approximate surface area is 215 Å². The van der Waals surface area contributed by atoms with Crippen molar-refractivity contribution in [2.75, 3.05) is 13.2 Å². The lowest BCUT2D eigenvalue weighted by molar-refractivity contribution is 0.0934. The van der Waals surface area contributed by atoms with Crippen LogP contribution in [-0.4, -0.2) is 38.7 Å². The maximum Gasteiger partial charge on any atom is 0.357 e. The molecule has 0 saturated carbocycles. The number of aromatic nitrogens is 4. The van der Waals surface area contributed by atoms with E-state index in [-0.39, 0.29) is 30.5 Å². The number of benzene rings is 2. The van der Waals surface area contributed by atoms with Crippen LogP contribution in [0, 0.1) is 20.8 Å². The summed E-state index contributed by atoms with van der Waals surface area (Å²) in [5.41, 5.74) is 3.48. The van der Waals surface area contributed by atoms with Gasteiger partial charge in [0.05, 0.1) is 18.8 Å². The molecule has 37 heavy (non-hydrogen) atoms. The molecule has 2 heterocycles. The minimum atomic E-state index is -3.76. The zero-order valence-corrected chi connectivity index (χ0v) is 22.4. The van der Waals surface area contributed by atoms with Crippen LogP contribution < -0.4 is 10.1 Å². The molecule has 1 amide bonds. The number of nitrogens with zero attached hydrogens (tertiary/aromatic N) is 4. The molecule has 2 aromatic carbocycles. The smallest absolute Gasteiger partial charge is 0.357 e. The van der Waals surface area contributed by atoms with E-state index in [1.165, 1.54) is 0 Å². The molecule has 0 aliphatic rings. The molecule has 0 spiro atoms. The number of amides is 1. The summed E-state index contributed by atoms with van der Waals surface area (Å²) in [6.45, 7) is 9.47. The summed E-state index contributed by atoms with van der Waals surface area (Å²) < 4.78 is 32.5. The molecule has 2 aromatic heterocycles. The van der Waals surface area contributed by atoms with Crippen LogP contribution in [0.15, 0.2) is 54.6 Å². The summed E-state index contributed by atoms with van der Waals surface area (Å²) in [6, 6.07) is 16.0. The van der Waals surface area contributed by atoms with Gasteiger partial charge in [0.2, 0.25) is 0 Å². The van der Waals surface area contributed by atoms with Crippen molar-refractivity contribution in [3.05, 3.63) is 82.7 Å². The van der Waals surface area contributed by atoms with Crippen molar-refractivity contribution in [1.29, 1.82) is 0 Å². The number of ether oxygens (including phenoxy) is 1. The van der Waals surface area contributed by atoms with E-state index >= 15 is 0 Å². The van der Waals surface area contributed by atoms with Gasteiger partial charge in [0, 0.05) is 11.4 Å². The van der Waals surface area contributed by atoms with Crippen LogP contribution in [0.4, 0.5) is 0 Å². The molecule has 11 heteroatoms. The van der Waals surface area contributed by atoms with E-state index in [0.717, 1.165) is 17.0 Å². The Morgan fingerprint density at radius 2 is 1.68 bits per heavy atom. The molecule has 0 bridgehead atoms. The SMILES string of the molecule is CCOP(=O)(OCC)C(NC(=O)c1ccccc1Oc1nc2nc(C)cc(C)n2n1)c1ccc(C)cc1. The summed E-state index contributed by atoms with van der Waals surface area (Å²) in [7, 11) is -3.76. The molecule has 0 aliphatic heterocycles. The molecular formula is C26H30N5O5P. The molecule has 0 radical (unpaired) electrons. The lowest BCUT2D eigenvalue weighted by Gasteiger charge is -2.27. The topological polar surface area (TPSA) is 117 Å². The molecule has 1 N–H and O–H groups in total. The van der Waals surface area contributed by atoms with Crippen molar-refractivity contribution in [1.82, 2.24) is 24.9 Å². The Morgan fingerprint density at radius 1 is 1.00 bits per heavy atom. The summed E-state index contributed by atoms with van der Waals surface area (Å²) in [4.78, 5) is 22.3. The maximum absolute atomic E-state index is 13.8. The Hall–Kier alpha value is -3.59. The highest BCUT2D eigenvalue weighted by Crippen LogP contribution is 2.59. The number of para-hydroxylation sites is 1. The molecule has 0 aliphatic carbocycles. The predicted molar refractivity (Wildman–Crippen MR) is 139 cm³/mol. The van der Waals surface area contributed by atoms with Crippen LogP contribution in [-0.2, 0) is 13.6 Å². The fourth-order valence-electron chi connectivity index (χ4n) is 3.87. The van der Waals surface area contributed by atoms with Gasteiger partial charge in [0.1, 0.15) is 5.75 Å². The lowest BCUT2D eigenvalue weighted by atomic mass is 10.1. The fraction of sp³-hybridized carbons (Fsp3) is 0.308. The van der Waals surface area contributed by atoms with Crippen LogP contribution in [0.3, 0.4) is 0 Å². The number of carbonyl (C=O) groups excluding carboxylic acids is 1. The molecule has 10 nitrogen and oxygen atoms in total. The number of rotatable bonds is 10. The first-order chi connectivity index (χ1) is 17.7. The quantitative estimate of drug-likeness (QED) is 0.270. The second kappa shape index (κ2) is 11.2. The highest BCUT2D eigenvalue weighted by atomic mass is 31.2. The van der Waals surface area contributed by atoms with E-state index in [1.54, 1.807) is 54.8 Å². The second-order valence-corrected chi connectivity index (χ2v) is 10.5. The van der Waals surface area contributed by atoms with Gasteiger partial charge in [0.25, 0.3) is 11.7 Å². The van der Waals surface area contributed by atoms with Crippen molar-refractivity contribution in [3.63, 3.8) is 0 Å². The van der Waals surface area contributed by atoms with E-state index in [1.807, 2.05) is 39.0 Å². The minimum Gasteiger partial charge on any atom is -0.422 e. The zero-order chi connectivity index (χ0) is 26.6. The maximum atomic E-state index is 13.8. The molecular weight excluding hydrogens is 493 g/mol. The number of aryl methyl sites for hydroxylation is 3. The summed E-state index contributed by atoms with van der Waals surface area (Å²) in [5.74, 6) is -0.926. The number of hydrogen-bond donors (Lipinski definition) is 1. The van der Waals surface area contributed by atoms with Gasteiger partial charge in [-0.25, -0.2) is 4.98 Å². The average molecular weight is 524 g/mol. The minimum absolute atomic E-state index is 0.0471. The number of fused-ring (bicyclic) bond motifs is 1. The normalized spacial score (nSPS) is 12.5. The standard InChI is InChI=1S/C26H30N5O5P/c1-6-34-37(33,35-7-2)24(20-14-12-17(3)13-15-20)28-23(32)21-10-8-9-11-22(21)36-26-29-25-27-18(4)16-19(5)31(25)30-26/h8-16,24H,6-7H2,1-5H3,(H,28,32). The Bertz CT molecular complexity index is 1440. The fourth-order valence-corrected chi connectivity index (χ4v) is 5.78. The average Bonchev–Trinajstić information content (AvgIpc) is 3.26. The van der Waals surface area contributed by atoms with E-state index in [2.05, 4.69) is 20.4 Å². The van der Waals surface area contributed by atoms with Gasteiger partial charge in [-0.05, 0) is 58.4 Å². The van der Waals surface area contributed by atoms with Crippen LogP contribution in [0.5, 0.6) is 11.8 Å². The Morgan fingerprint density at radius 3 is 2.35 bits per heavy atom. The molecule has 0 saturated heterocycles. The first-order valence-corrected chi connectivity index (χ1v) is 13.6. The molecule has 0 fully saturated rings. The van der Waals surface area contributed by atoms with Gasteiger partial charge in [-0.2, -0.15) is 9.50 Å². The van der Waals surface area contributed by atoms with Gasteiger partial charge < -0.3 is 19.1 Å². The molecule has 1 atom stereocenters. The summed E-state index contributed by atoms with van der Waals surface area (Å²) >= 11 is 0. The highest BCUT2D eigenvalue weighted by Gasteiger charge is 2.38. The lowest BCUT2D eigenvalue weighted by Crippen LogP contribution is -2.30. The van der Waals surface area contributed by atoms with Crippen LogP contribution in [0.1, 0.15) is 52.5 Å². The van der Waals surface area contributed by atoms with E-state index in [4.69, 9.17) is 13.8 Å². The van der Waals surface area contributed by atoms with Crippen molar-refractivity contribution in [2.24, 2.45) is 0 Å². The third-order valence-electron chi connectivity index (χ3n) is 5.53. The molecule has 1 unspecified atom stereocenters. The van der Waals surface area contributed by atoms with Crippen molar-refractivity contribution in [3.8, 4) is 11.8 Å². The predicted octanol–water partition coefficient (Wildman–Crippen LogP) is 5.54. The Balaban J connectivity index is 1.67. The first kappa shape index (κ1) is 26.5. The molecule has 194 valence electrons. The molecule has 4 aromatic rings. The summed E-state index contributed by atoms with van der Waals surface area (Å²) in [5, 5.41) is 7.22. The van der Waals surface area contributed by atoms with Gasteiger partial charge in [-0.1, -0.05) is 42.0 Å². The number of carbonyl (C=O) groups is 1. The Kier molecular flexibility index (Phi) is 8.02. The van der Waals surface area contributed by atoms with Crippen LogP contribution in [0.2, 0.25) is 0 Å². The molecule has 4 rings (SSSR count). The van der Waals surface area contributed by atoms with Crippen molar-refractivity contribution >= 4 is 19.3 Å².